The average molecular weight is 325 g/mol. The third-order valence-corrected chi connectivity index (χ3v) is 4.93. The lowest BCUT2D eigenvalue weighted by Gasteiger charge is -2.37. The van der Waals surface area contributed by atoms with E-state index in [9.17, 15) is 9.59 Å². The van der Waals surface area contributed by atoms with Crippen molar-refractivity contribution in [3.05, 3.63) is 47.8 Å². The van der Waals surface area contributed by atoms with E-state index in [0.717, 1.165) is 12.8 Å². The van der Waals surface area contributed by atoms with Gasteiger partial charge in [-0.25, -0.2) is 0 Å². The number of amides is 1. The topological polar surface area (TPSA) is 75.3 Å². The number of fused-ring (bicyclic) bond motifs is 1. The fourth-order valence-corrected chi connectivity index (χ4v) is 3.64. The largest absolute Gasteiger partial charge is 0.486 e. The Labute approximate surface area is 139 Å². The Balaban J connectivity index is 1.53. The molecule has 1 unspecified atom stereocenters. The zero-order chi connectivity index (χ0) is 16.6. The molecule has 0 radical (unpaired) electrons. The predicted molar refractivity (Wildman–Crippen MR) is 87.1 cm³/mol. The van der Waals surface area contributed by atoms with E-state index in [1.165, 1.54) is 0 Å². The molecule has 0 bridgehead atoms. The number of aromatic nitrogens is 2. The maximum atomic E-state index is 12.5. The minimum Gasteiger partial charge on any atom is -0.486 e. The van der Waals surface area contributed by atoms with Crippen molar-refractivity contribution < 1.29 is 14.3 Å². The number of benzene rings is 1. The van der Waals surface area contributed by atoms with E-state index < -0.39 is 5.60 Å². The lowest BCUT2D eigenvalue weighted by Crippen LogP contribution is -2.43. The Morgan fingerprint density at radius 2 is 2.12 bits per heavy atom. The van der Waals surface area contributed by atoms with Gasteiger partial charge < -0.3 is 9.64 Å². The Morgan fingerprint density at radius 1 is 1.25 bits per heavy atom. The molecule has 1 saturated heterocycles. The summed E-state index contributed by atoms with van der Waals surface area (Å²) >= 11 is 0. The number of aromatic amines is 1. The van der Waals surface area contributed by atoms with Crippen molar-refractivity contribution in [2.75, 3.05) is 13.1 Å². The lowest BCUT2D eigenvalue weighted by molar-refractivity contribution is 0.0300. The number of ketones is 1. The first-order valence-electron chi connectivity index (χ1n) is 8.26. The summed E-state index contributed by atoms with van der Waals surface area (Å²) in [6.45, 7) is 1.25. The van der Waals surface area contributed by atoms with Crippen molar-refractivity contribution in [2.45, 2.75) is 31.3 Å². The number of nitrogens with zero attached hydrogens (tertiary/aromatic N) is 2. The second-order valence-electron chi connectivity index (χ2n) is 6.51. The van der Waals surface area contributed by atoms with Crippen molar-refractivity contribution in [2.24, 2.45) is 0 Å². The molecular weight excluding hydrogens is 306 g/mol. The summed E-state index contributed by atoms with van der Waals surface area (Å²) < 4.78 is 6.25. The molecule has 2 aliphatic heterocycles. The van der Waals surface area contributed by atoms with Gasteiger partial charge in [-0.2, -0.15) is 5.10 Å². The fraction of sp³-hybridized carbons (Fsp3) is 0.389. The highest BCUT2D eigenvalue weighted by Crippen LogP contribution is 2.39. The molecule has 124 valence electrons. The first kappa shape index (κ1) is 14.9. The summed E-state index contributed by atoms with van der Waals surface area (Å²) in [5.41, 5.74) is 0.743. The first-order chi connectivity index (χ1) is 11.7. The smallest absolute Gasteiger partial charge is 0.257 e. The highest BCUT2D eigenvalue weighted by atomic mass is 16.5. The van der Waals surface area contributed by atoms with Gasteiger partial charge in [0.25, 0.3) is 5.91 Å². The van der Waals surface area contributed by atoms with Crippen LogP contribution in [0, 0.1) is 0 Å². The Morgan fingerprint density at radius 3 is 2.96 bits per heavy atom. The molecule has 0 saturated carbocycles. The zero-order valence-electron chi connectivity index (χ0n) is 13.3. The number of carbonyl (C=O) groups excluding carboxylic acids is 2. The van der Waals surface area contributed by atoms with Crippen LogP contribution in [-0.2, 0) is 0 Å². The van der Waals surface area contributed by atoms with Crippen LogP contribution in [0.25, 0.3) is 0 Å². The van der Waals surface area contributed by atoms with E-state index in [1.807, 2.05) is 29.2 Å². The van der Waals surface area contributed by atoms with Gasteiger partial charge in [0.2, 0.25) is 0 Å². The molecular formula is C18H19N3O3. The molecule has 1 N–H and O–H groups in total. The summed E-state index contributed by atoms with van der Waals surface area (Å²) in [6, 6.07) is 7.41. The maximum Gasteiger partial charge on any atom is 0.257 e. The predicted octanol–water partition coefficient (Wildman–Crippen LogP) is 2.44. The van der Waals surface area contributed by atoms with Crippen molar-refractivity contribution in [3.8, 4) is 5.75 Å². The molecule has 1 spiro atoms. The maximum absolute atomic E-state index is 12.5. The first-order valence-corrected chi connectivity index (χ1v) is 8.26. The van der Waals surface area contributed by atoms with E-state index >= 15 is 0 Å². The molecule has 6 nitrogen and oxygen atoms in total. The normalized spacial score (nSPS) is 23.5. The van der Waals surface area contributed by atoms with E-state index in [2.05, 4.69) is 10.2 Å². The minimum atomic E-state index is -0.489. The number of carbonyl (C=O) groups is 2. The summed E-state index contributed by atoms with van der Waals surface area (Å²) in [7, 11) is 0. The van der Waals surface area contributed by atoms with Crippen molar-refractivity contribution in [1.29, 1.82) is 0 Å². The number of rotatable bonds is 1. The van der Waals surface area contributed by atoms with Gasteiger partial charge in [0.1, 0.15) is 11.4 Å². The van der Waals surface area contributed by atoms with Gasteiger partial charge in [0.05, 0.1) is 23.7 Å². The molecule has 1 atom stereocenters. The molecule has 6 heteroatoms. The van der Waals surface area contributed by atoms with Gasteiger partial charge in [0, 0.05) is 25.7 Å². The van der Waals surface area contributed by atoms with Crippen LogP contribution in [0.5, 0.6) is 5.75 Å². The number of para-hydroxylation sites is 1. The third kappa shape index (κ3) is 2.58. The summed E-state index contributed by atoms with van der Waals surface area (Å²) in [4.78, 5) is 26.8. The number of nitrogens with one attached hydrogen (secondary N) is 1. The number of hydrogen-bond donors (Lipinski definition) is 1. The summed E-state index contributed by atoms with van der Waals surface area (Å²) in [5, 5.41) is 6.51. The molecule has 1 fully saturated rings. The van der Waals surface area contributed by atoms with Crippen LogP contribution < -0.4 is 4.74 Å². The molecule has 4 rings (SSSR count). The number of hydrogen-bond acceptors (Lipinski definition) is 4. The average Bonchev–Trinajstić information content (AvgIpc) is 3.05. The van der Waals surface area contributed by atoms with Crippen LogP contribution >= 0.6 is 0 Å². The Kier molecular flexibility index (Phi) is 3.59. The van der Waals surface area contributed by atoms with E-state index in [-0.39, 0.29) is 11.7 Å². The van der Waals surface area contributed by atoms with Crippen molar-refractivity contribution >= 4 is 11.7 Å². The van der Waals surface area contributed by atoms with Gasteiger partial charge in [-0.15, -0.1) is 0 Å². The Bertz CT molecular complexity index is 772. The fourth-order valence-electron chi connectivity index (χ4n) is 3.64. The number of Topliss-reactive ketones (excluding diaryl/α,β-unsaturated/α-hetero) is 1. The number of likely N-dealkylation sites (tertiary alicyclic amines) is 1. The SMILES string of the molecule is O=C1CC2(CCCN(C(=O)c3cn[nH]c3)CC2)Oc2ccccc21. The van der Waals surface area contributed by atoms with Gasteiger partial charge in [-0.1, -0.05) is 12.1 Å². The van der Waals surface area contributed by atoms with Crippen LogP contribution in [-0.4, -0.2) is 45.5 Å². The number of ether oxygens (including phenoxy) is 1. The Hall–Kier alpha value is -2.63. The molecule has 1 aromatic carbocycles. The second kappa shape index (κ2) is 5.78. The van der Waals surface area contributed by atoms with Gasteiger partial charge >= 0.3 is 0 Å². The van der Waals surface area contributed by atoms with Gasteiger partial charge in [-0.3, -0.25) is 14.7 Å². The van der Waals surface area contributed by atoms with E-state index in [0.29, 0.717) is 42.8 Å². The molecule has 24 heavy (non-hydrogen) atoms. The van der Waals surface area contributed by atoms with Crippen molar-refractivity contribution in [3.63, 3.8) is 0 Å². The highest BCUT2D eigenvalue weighted by Gasteiger charge is 2.42. The van der Waals surface area contributed by atoms with Crippen LogP contribution in [0.1, 0.15) is 46.4 Å². The molecule has 0 aliphatic carbocycles. The highest BCUT2D eigenvalue weighted by molar-refractivity contribution is 6.00. The van der Waals surface area contributed by atoms with Crippen LogP contribution in [0.4, 0.5) is 0 Å². The van der Waals surface area contributed by atoms with E-state index in [1.54, 1.807) is 12.4 Å². The minimum absolute atomic E-state index is 0.0247. The summed E-state index contributed by atoms with van der Waals surface area (Å²) in [6.07, 6.45) is 5.80. The molecule has 2 aromatic rings. The van der Waals surface area contributed by atoms with Crippen molar-refractivity contribution in [1.82, 2.24) is 15.1 Å². The number of H-pyrrole nitrogens is 1. The van der Waals surface area contributed by atoms with Crippen LogP contribution in [0.3, 0.4) is 0 Å². The zero-order valence-corrected chi connectivity index (χ0v) is 13.3. The molecule has 1 aromatic heterocycles. The molecule has 1 amide bonds. The van der Waals surface area contributed by atoms with Gasteiger partial charge in [-0.05, 0) is 25.0 Å². The quantitative estimate of drug-likeness (QED) is 0.874. The molecule has 3 heterocycles. The second-order valence-corrected chi connectivity index (χ2v) is 6.51. The standard InChI is InChI=1S/C18H19N3O3/c22-15-10-18(24-16-5-2-1-4-14(15)16)6-3-8-21(9-7-18)17(23)13-11-19-20-12-13/h1-2,4-5,11-12H,3,6-10H2,(H,19,20). The van der Waals surface area contributed by atoms with Crippen LogP contribution in [0.2, 0.25) is 0 Å². The third-order valence-electron chi connectivity index (χ3n) is 4.93. The van der Waals surface area contributed by atoms with Gasteiger partial charge in [0.15, 0.2) is 5.78 Å². The monoisotopic (exact) mass is 325 g/mol. The molecule has 2 aliphatic rings. The lowest BCUT2D eigenvalue weighted by atomic mass is 9.84. The van der Waals surface area contributed by atoms with Crippen LogP contribution in [0.15, 0.2) is 36.7 Å². The summed E-state index contributed by atoms with van der Waals surface area (Å²) in [5.74, 6) is 0.776. The van der Waals surface area contributed by atoms with E-state index in [4.69, 9.17) is 4.74 Å².